The molecule has 17 heavy (non-hydrogen) atoms. The molecule has 0 aromatic carbocycles. The number of nitrogens with two attached hydrogens (primary N) is 1. The summed E-state index contributed by atoms with van der Waals surface area (Å²) in [6.45, 7) is 2.63. The van der Waals surface area contributed by atoms with Gasteiger partial charge in [0.25, 0.3) is 0 Å². The van der Waals surface area contributed by atoms with E-state index < -0.39 is 0 Å². The Bertz CT molecular complexity index is 536. The predicted octanol–water partition coefficient (Wildman–Crippen LogP) is 2.09. The van der Waals surface area contributed by atoms with E-state index in [2.05, 4.69) is 15.3 Å². The first-order valence-electron chi connectivity index (χ1n) is 5.06. The first-order valence-corrected chi connectivity index (χ1v) is 6.35. The number of nitrogens with one attached hydrogen (secondary N) is 1. The van der Waals surface area contributed by atoms with Crippen molar-refractivity contribution in [1.82, 2.24) is 9.97 Å². The van der Waals surface area contributed by atoms with Gasteiger partial charge in [0.1, 0.15) is 10.7 Å². The van der Waals surface area contributed by atoms with Crippen LogP contribution in [-0.4, -0.2) is 15.0 Å². The smallest absolute Gasteiger partial charge is 0.124 e. The van der Waals surface area contributed by atoms with Gasteiger partial charge in [-0.25, -0.2) is 4.98 Å². The Kier molecular flexibility index (Phi) is 3.65. The molecule has 0 radical (unpaired) electrons. The van der Waals surface area contributed by atoms with Gasteiger partial charge in [0.15, 0.2) is 0 Å². The fraction of sp³-hybridized carbons (Fsp3) is 0.182. The summed E-state index contributed by atoms with van der Waals surface area (Å²) in [7, 11) is 0. The second-order valence-electron chi connectivity index (χ2n) is 3.48. The van der Waals surface area contributed by atoms with E-state index in [9.17, 15) is 0 Å². The molecule has 2 heterocycles. The number of anilines is 1. The number of aryl methyl sites for hydroxylation is 1. The second kappa shape index (κ2) is 5.20. The molecule has 2 aromatic heterocycles. The van der Waals surface area contributed by atoms with Crippen molar-refractivity contribution < 1.29 is 0 Å². The fourth-order valence-corrected chi connectivity index (χ4v) is 2.19. The quantitative estimate of drug-likeness (QED) is 0.828. The lowest BCUT2D eigenvalue weighted by Crippen LogP contribution is -2.15. The van der Waals surface area contributed by atoms with Crippen LogP contribution in [0.15, 0.2) is 23.7 Å². The molecule has 0 aliphatic carbocycles. The minimum absolute atomic E-state index is 0.294. The largest absolute Gasteiger partial charge is 0.388 e. The van der Waals surface area contributed by atoms with Crippen LogP contribution in [0.3, 0.4) is 0 Å². The first kappa shape index (κ1) is 11.9. The molecule has 0 unspecified atom stereocenters. The zero-order valence-electron chi connectivity index (χ0n) is 9.30. The van der Waals surface area contributed by atoms with Crippen LogP contribution in [0.25, 0.3) is 0 Å². The SMILES string of the molecule is Cc1nc(CNc2cccnc2C(N)=S)cs1. The number of aromatic nitrogens is 2. The van der Waals surface area contributed by atoms with Crippen LogP contribution in [-0.2, 0) is 6.54 Å². The minimum atomic E-state index is 0.294. The number of hydrogen-bond acceptors (Lipinski definition) is 5. The molecule has 0 bridgehead atoms. The zero-order chi connectivity index (χ0) is 12.3. The Morgan fingerprint density at radius 1 is 1.59 bits per heavy atom. The van der Waals surface area contributed by atoms with Crippen molar-refractivity contribution in [3.05, 3.63) is 40.1 Å². The lowest BCUT2D eigenvalue weighted by Gasteiger charge is -2.08. The maximum Gasteiger partial charge on any atom is 0.124 e. The molecular weight excluding hydrogens is 252 g/mol. The van der Waals surface area contributed by atoms with Crippen LogP contribution in [0.4, 0.5) is 5.69 Å². The van der Waals surface area contributed by atoms with E-state index in [4.69, 9.17) is 18.0 Å². The Labute approximate surface area is 109 Å². The number of hydrogen-bond donors (Lipinski definition) is 2. The van der Waals surface area contributed by atoms with Crippen LogP contribution in [0.5, 0.6) is 0 Å². The molecule has 0 atom stereocenters. The third-order valence-corrected chi connectivity index (χ3v) is 3.18. The molecule has 0 aliphatic rings. The van der Waals surface area contributed by atoms with Gasteiger partial charge >= 0.3 is 0 Å². The van der Waals surface area contributed by atoms with Crippen LogP contribution in [0.2, 0.25) is 0 Å². The highest BCUT2D eigenvalue weighted by Gasteiger charge is 2.06. The highest BCUT2D eigenvalue weighted by Crippen LogP contribution is 2.14. The summed E-state index contributed by atoms with van der Waals surface area (Å²) in [5.41, 5.74) is 8.07. The normalized spacial score (nSPS) is 10.2. The van der Waals surface area contributed by atoms with Crippen molar-refractivity contribution in [1.29, 1.82) is 0 Å². The number of thiocarbonyl (C=S) groups is 1. The molecule has 0 saturated heterocycles. The van der Waals surface area contributed by atoms with E-state index in [1.54, 1.807) is 17.5 Å². The van der Waals surface area contributed by atoms with Gasteiger partial charge in [0.2, 0.25) is 0 Å². The van der Waals surface area contributed by atoms with E-state index in [-0.39, 0.29) is 0 Å². The topological polar surface area (TPSA) is 63.8 Å². The van der Waals surface area contributed by atoms with Crippen molar-refractivity contribution >= 4 is 34.2 Å². The van der Waals surface area contributed by atoms with E-state index >= 15 is 0 Å². The van der Waals surface area contributed by atoms with Gasteiger partial charge in [-0.2, -0.15) is 0 Å². The maximum atomic E-state index is 5.60. The number of rotatable bonds is 4. The average Bonchev–Trinajstić information content (AvgIpc) is 2.73. The third kappa shape index (κ3) is 2.98. The Morgan fingerprint density at radius 2 is 2.41 bits per heavy atom. The minimum Gasteiger partial charge on any atom is -0.388 e. The zero-order valence-corrected chi connectivity index (χ0v) is 10.9. The first-order chi connectivity index (χ1) is 8.16. The summed E-state index contributed by atoms with van der Waals surface area (Å²) in [6.07, 6.45) is 1.67. The Balaban J connectivity index is 2.11. The van der Waals surface area contributed by atoms with Gasteiger partial charge in [0.05, 0.1) is 22.9 Å². The Hall–Kier alpha value is -1.53. The standard InChI is InChI=1S/C11H12N4S2/c1-7-15-8(6-17-7)5-14-9-3-2-4-13-10(9)11(12)16/h2-4,6,14H,5H2,1H3,(H2,12,16). The van der Waals surface area contributed by atoms with E-state index in [0.29, 0.717) is 17.2 Å². The molecule has 88 valence electrons. The molecule has 0 amide bonds. The second-order valence-corrected chi connectivity index (χ2v) is 4.98. The predicted molar refractivity (Wildman–Crippen MR) is 74.3 cm³/mol. The highest BCUT2D eigenvalue weighted by molar-refractivity contribution is 7.80. The number of nitrogens with zero attached hydrogens (tertiary/aromatic N) is 2. The summed E-state index contributed by atoms with van der Waals surface area (Å²) in [5, 5.41) is 6.32. The van der Waals surface area contributed by atoms with Crippen molar-refractivity contribution in [2.45, 2.75) is 13.5 Å². The monoisotopic (exact) mass is 264 g/mol. The summed E-state index contributed by atoms with van der Waals surface area (Å²) in [6, 6.07) is 3.75. The lowest BCUT2D eigenvalue weighted by atomic mass is 10.3. The van der Waals surface area contributed by atoms with Crippen molar-refractivity contribution in [2.24, 2.45) is 5.73 Å². The molecule has 3 N–H and O–H groups in total. The van der Waals surface area contributed by atoms with E-state index in [1.807, 2.05) is 24.4 Å². The summed E-state index contributed by atoms with van der Waals surface area (Å²) >= 11 is 6.58. The highest BCUT2D eigenvalue weighted by atomic mass is 32.1. The number of pyridine rings is 1. The molecule has 2 rings (SSSR count). The molecule has 6 heteroatoms. The van der Waals surface area contributed by atoms with Gasteiger partial charge in [-0.15, -0.1) is 11.3 Å². The average molecular weight is 264 g/mol. The summed E-state index contributed by atoms with van der Waals surface area (Å²) in [4.78, 5) is 8.81. The van der Waals surface area contributed by atoms with E-state index in [1.165, 1.54) is 0 Å². The van der Waals surface area contributed by atoms with Gasteiger partial charge in [-0.1, -0.05) is 12.2 Å². The molecule has 0 fully saturated rings. The van der Waals surface area contributed by atoms with Crippen LogP contribution < -0.4 is 11.1 Å². The molecule has 0 spiro atoms. The molecular formula is C11H12N4S2. The van der Waals surface area contributed by atoms with Crippen molar-refractivity contribution in [3.63, 3.8) is 0 Å². The van der Waals surface area contributed by atoms with Crippen LogP contribution in [0.1, 0.15) is 16.4 Å². The number of thiazole rings is 1. The van der Waals surface area contributed by atoms with Gasteiger partial charge in [-0.05, 0) is 19.1 Å². The molecule has 0 aliphatic heterocycles. The van der Waals surface area contributed by atoms with Crippen LogP contribution >= 0.6 is 23.6 Å². The van der Waals surface area contributed by atoms with Crippen LogP contribution in [0, 0.1) is 6.92 Å². The van der Waals surface area contributed by atoms with Gasteiger partial charge < -0.3 is 11.1 Å². The van der Waals surface area contributed by atoms with Gasteiger partial charge in [0, 0.05) is 11.6 Å². The third-order valence-electron chi connectivity index (χ3n) is 2.17. The van der Waals surface area contributed by atoms with Crippen molar-refractivity contribution in [3.8, 4) is 0 Å². The lowest BCUT2D eigenvalue weighted by molar-refractivity contribution is 1.05. The summed E-state index contributed by atoms with van der Waals surface area (Å²) < 4.78 is 0. The molecule has 4 nitrogen and oxygen atoms in total. The Morgan fingerprint density at radius 3 is 3.06 bits per heavy atom. The molecule has 0 saturated carbocycles. The summed E-state index contributed by atoms with van der Waals surface area (Å²) in [5.74, 6) is 0. The van der Waals surface area contributed by atoms with E-state index in [0.717, 1.165) is 16.4 Å². The molecule has 2 aromatic rings. The van der Waals surface area contributed by atoms with Gasteiger partial charge in [-0.3, -0.25) is 4.98 Å². The fourth-order valence-electron chi connectivity index (χ4n) is 1.42. The maximum absolute atomic E-state index is 5.60. The van der Waals surface area contributed by atoms with Crippen molar-refractivity contribution in [2.75, 3.05) is 5.32 Å².